The fraction of sp³-hybridized carbons (Fsp3) is 0.400. The van der Waals surface area contributed by atoms with Crippen LogP contribution in [0.2, 0.25) is 0 Å². The molecule has 0 unspecified atom stereocenters. The molecule has 1 fully saturated rings. The Hall–Kier alpha value is -1.85. The summed E-state index contributed by atoms with van der Waals surface area (Å²) in [6.07, 6.45) is -0.939. The minimum absolute atomic E-state index is 0.00970. The minimum atomic E-state index is -4.90. The van der Waals surface area contributed by atoms with Crippen LogP contribution in [0.1, 0.15) is 42.7 Å². The highest BCUT2D eigenvalue weighted by atomic mass is 19.4. The van der Waals surface area contributed by atoms with Crippen molar-refractivity contribution in [1.82, 2.24) is 4.98 Å². The Bertz CT molecular complexity index is 742. The van der Waals surface area contributed by atoms with Crippen LogP contribution < -0.4 is 5.56 Å². The molecule has 0 amide bonds. The number of alkyl halides is 3. The first kappa shape index (κ1) is 14.1. The van der Waals surface area contributed by atoms with Gasteiger partial charge in [0, 0.05) is 10.9 Å². The summed E-state index contributed by atoms with van der Waals surface area (Å²) in [6, 6.07) is 4.51. The van der Waals surface area contributed by atoms with Crippen LogP contribution in [0.4, 0.5) is 17.6 Å². The monoisotopic (exact) mass is 299 g/mol. The molecular weight excluding hydrogens is 286 g/mol. The lowest BCUT2D eigenvalue weighted by Gasteiger charge is -2.14. The molecule has 2 aromatic rings. The number of hydrogen-bond donors (Lipinski definition) is 1. The Kier molecular flexibility index (Phi) is 3.26. The first-order valence-corrected chi connectivity index (χ1v) is 6.80. The van der Waals surface area contributed by atoms with Gasteiger partial charge in [-0.1, -0.05) is 18.9 Å². The quantitative estimate of drug-likeness (QED) is 0.780. The second-order valence-electron chi connectivity index (χ2n) is 5.43. The van der Waals surface area contributed by atoms with Crippen molar-refractivity contribution in [2.45, 2.75) is 37.8 Å². The van der Waals surface area contributed by atoms with E-state index in [-0.39, 0.29) is 16.8 Å². The molecule has 0 atom stereocenters. The fourth-order valence-electron chi connectivity index (χ4n) is 3.08. The zero-order valence-electron chi connectivity index (χ0n) is 11.1. The molecule has 21 heavy (non-hydrogen) atoms. The number of hydrogen-bond acceptors (Lipinski definition) is 1. The summed E-state index contributed by atoms with van der Waals surface area (Å²) < 4.78 is 52.9. The third kappa shape index (κ3) is 2.43. The smallest absolute Gasteiger partial charge is 0.319 e. The molecule has 1 saturated carbocycles. The topological polar surface area (TPSA) is 32.9 Å². The predicted octanol–water partition coefficient (Wildman–Crippen LogP) is 4.34. The number of aromatic amines is 1. The molecule has 0 aliphatic heterocycles. The Balaban J connectivity index is 2.27. The second-order valence-corrected chi connectivity index (χ2v) is 5.43. The number of nitrogens with one attached hydrogen (secondary N) is 1. The predicted molar refractivity (Wildman–Crippen MR) is 70.7 cm³/mol. The van der Waals surface area contributed by atoms with Gasteiger partial charge < -0.3 is 4.98 Å². The van der Waals surface area contributed by atoms with Crippen molar-refractivity contribution in [3.8, 4) is 0 Å². The van der Waals surface area contributed by atoms with Crippen molar-refractivity contribution in [3.05, 3.63) is 45.5 Å². The molecule has 0 bridgehead atoms. The molecule has 0 spiro atoms. The van der Waals surface area contributed by atoms with Crippen molar-refractivity contribution in [1.29, 1.82) is 0 Å². The maximum Gasteiger partial charge on any atom is 0.420 e. The van der Waals surface area contributed by atoms with Crippen LogP contribution in [-0.4, -0.2) is 4.98 Å². The summed E-state index contributed by atoms with van der Waals surface area (Å²) in [4.78, 5) is 13.5. The van der Waals surface area contributed by atoms with Crippen molar-refractivity contribution in [2.24, 2.45) is 0 Å². The molecular formula is C15H13F4NO. The molecule has 0 radical (unpaired) electrons. The highest BCUT2D eigenvalue weighted by Gasteiger charge is 2.38. The van der Waals surface area contributed by atoms with E-state index in [0.717, 1.165) is 31.2 Å². The highest BCUT2D eigenvalue weighted by Crippen LogP contribution is 2.39. The average Bonchev–Trinajstić information content (AvgIpc) is 2.92. The van der Waals surface area contributed by atoms with E-state index >= 15 is 0 Å². The van der Waals surface area contributed by atoms with Crippen molar-refractivity contribution >= 4 is 10.9 Å². The normalized spacial score (nSPS) is 16.8. The Morgan fingerprint density at radius 3 is 2.43 bits per heavy atom. The van der Waals surface area contributed by atoms with Crippen LogP contribution in [-0.2, 0) is 6.18 Å². The van der Waals surface area contributed by atoms with Crippen LogP contribution in [0.25, 0.3) is 10.9 Å². The first-order chi connectivity index (χ1) is 9.88. The van der Waals surface area contributed by atoms with Crippen LogP contribution in [0.5, 0.6) is 0 Å². The zero-order chi connectivity index (χ0) is 15.2. The van der Waals surface area contributed by atoms with Crippen molar-refractivity contribution in [2.75, 3.05) is 0 Å². The molecule has 1 aromatic heterocycles. The summed E-state index contributed by atoms with van der Waals surface area (Å²) in [5.74, 6) is -1.55. The minimum Gasteiger partial charge on any atom is -0.319 e. The van der Waals surface area contributed by atoms with Gasteiger partial charge in [-0.2, -0.15) is 13.2 Å². The summed E-state index contributed by atoms with van der Waals surface area (Å²) in [5.41, 5.74) is -2.03. The SMILES string of the molecule is O=c1[nH]c2ccc(C3CCCC3)cc2c(C(F)(F)F)c1F. The summed E-state index contributed by atoms with van der Waals surface area (Å²) >= 11 is 0. The van der Waals surface area contributed by atoms with Gasteiger partial charge in [-0.25, -0.2) is 4.39 Å². The maximum absolute atomic E-state index is 13.7. The number of aromatic nitrogens is 1. The van der Waals surface area contributed by atoms with Gasteiger partial charge in [0.15, 0.2) is 0 Å². The zero-order valence-corrected chi connectivity index (χ0v) is 11.1. The van der Waals surface area contributed by atoms with E-state index in [9.17, 15) is 22.4 Å². The number of fused-ring (bicyclic) bond motifs is 1. The van der Waals surface area contributed by atoms with E-state index in [1.807, 2.05) is 0 Å². The molecule has 0 saturated heterocycles. The van der Waals surface area contributed by atoms with Gasteiger partial charge in [0.1, 0.15) is 5.56 Å². The lowest BCUT2D eigenvalue weighted by molar-refractivity contribution is -0.138. The fourth-order valence-corrected chi connectivity index (χ4v) is 3.08. The van der Waals surface area contributed by atoms with Gasteiger partial charge in [0.2, 0.25) is 5.82 Å². The average molecular weight is 299 g/mol. The highest BCUT2D eigenvalue weighted by molar-refractivity contribution is 5.83. The summed E-state index contributed by atoms with van der Waals surface area (Å²) in [5, 5.41) is -0.274. The maximum atomic E-state index is 13.7. The number of H-pyrrole nitrogens is 1. The van der Waals surface area contributed by atoms with Crippen LogP contribution in [0.3, 0.4) is 0 Å². The molecule has 1 N–H and O–H groups in total. The van der Waals surface area contributed by atoms with E-state index in [1.165, 1.54) is 12.1 Å². The Morgan fingerprint density at radius 2 is 1.81 bits per heavy atom. The van der Waals surface area contributed by atoms with Gasteiger partial charge >= 0.3 is 6.18 Å². The number of halogens is 4. The van der Waals surface area contributed by atoms with Gasteiger partial charge in [-0.3, -0.25) is 4.79 Å². The molecule has 112 valence electrons. The van der Waals surface area contributed by atoms with E-state index in [2.05, 4.69) is 4.98 Å². The second kappa shape index (κ2) is 4.86. The van der Waals surface area contributed by atoms with Gasteiger partial charge in [-0.15, -0.1) is 0 Å². The summed E-state index contributed by atoms with van der Waals surface area (Å²) in [6.45, 7) is 0. The van der Waals surface area contributed by atoms with Crippen LogP contribution >= 0.6 is 0 Å². The molecule has 2 nitrogen and oxygen atoms in total. The largest absolute Gasteiger partial charge is 0.420 e. The lowest BCUT2D eigenvalue weighted by atomic mass is 9.95. The Labute approximate surface area is 117 Å². The molecule has 1 aromatic carbocycles. The van der Waals surface area contributed by atoms with E-state index in [1.54, 1.807) is 6.07 Å². The van der Waals surface area contributed by atoms with Crippen LogP contribution in [0.15, 0.2) is 23.0 Å². The van der Waals surface area contributed by atoms with Gasteiger partial charge in [0.25, 0.3) is 5.56 Å². The van der Waals surface area contributed by atoms with Crippen LogP contribution in [0, 0.1) is 5.82 Å². The molecule has 1 aliphatic rings. The Morgan fingerprint density at radius 1 is 1.14 bits per heavy atom. The molecule has 3 rings (SSSR count). The van der Waals surface area contributed by atoms with Crippen molar-refractivity contribution in [3.63, 3.8) is 0 Å². The third-order valence-corrected chi connectivity index (χ3v) is 4.09. The van der Waals surface area contributed by atoms with E-state index in [4.69, 9.17) is 0 Å². The third-order valence-electron chi connectivity index (χ3n) is 4.09. The van der Waals surface area contributed by atoms with Crippen molar-refractivity contribution < 1.29 is 17.6 Å². The van der Waals surface area contributed by atoms with E-state index in [0.29, 0.717) is 0 Å². The van der Waals surface area contributed by atoms with Gasteiger partial charge in [-0.05, 0) is 36.5 Å². The number of pyridine rings is 1. The lowest BCUT2D eigenvalue weighted by Crippen LogP contribution is -2.20. The standard InChI is InChI=1S/C15H13F4NO/c16-13-12(15(17,18)19)10-7-9(8-3-1-2-4-8)5-6-11(10)20-14(13)21/h5-8H,1-4H2,(H,20,21). The molecule has 1 heterocycles. The molecule has 6 heteroatoms. The van der Waals surface area contributed by atoms with E-state index < -0.39 is 23.1 Å². The number of rotatable bonds is 1. The number of benzene rings is 1. The van der Waals surface area contributed by atoms with Gasteiger partial charge in [0.05, 0.1) is 0 Å². The molecule has 1 aliphatic carbocycles. The first-order valence-electron chi connectivity index (χ1n) is 6.80. The summed E-state index contributed by atoms with van der Waals surface area (Å²) in [7, 11) is 0.